The van der Waals surface area contributed by atoms with Gasteiger partial charge in [-0.1, -0.05) is 31.2 Å². The van der Waals surface area contributed by atoms with Gasteiger partial charge in [-0.05, 0) is 64.5 Å². The van der Waals surface area contributed by atoms with E-state index in [1.807, 2.05) is 6.92 Å². The Morgan fingerprint density at radius 3 is 2.52 bits per heavy atom. The first-order valence-electron chi connectivity index (χ1n) is 10.6. The predicted octanol–water partition coefficient (Wildman–Crippen LogP) is 3.65. The molecular weight excluding hydrogens is 380 g/mol. The molecule has 1 atom stereocenters. The number of benzene rings is 1. The molecule has 158 valence electrons. The summed E-state index contributed by atoms with van der Waals surface area (Å²) < 4.78 is 0. The Kier molecular flexibility index (Phi) is 7.81. The average molecular weight is 415 g/mol. The van der Waals surface area contributed by atoms with Crippen LogP contribution in [0.2, 0.25) is 0 Å². The van der Waals surface area contributed by atoms with E-state index in [1.165, 1.54) is 11.1 Å². The van der Waals surface area contributed by atoms with Crippen LogP contribution in [0, 0.1) is 12.8 Å². The molecule has 1 aliphatic heterocycles. The highest BCUT2D eigenvalue weighted by molar-refractivity contribution is 7.09. The summed E-state index contributed by atoms with van der Waals surface area (Å²) in [4.78, 5) is 21.9. The molecule has 0 radical (unpaired) electrons. The largest absolute Gasteiger partial charge is 0.354 e. The van der Waals surface area contributed by atoms with Gasteiger partial charge in [0, 0.05) is 24.4 Å². The quantitative estimate of drug-likeness (QED) is 0.716. The number of carbonyl (C=O) groups excluding carboxylic acids is 1. The lowest BCUT2D eigenvalue weighted by Crippen LogP contribution is -2.42. The van der Waals surface area contributed by atoms with Gasteiger partial charge < -0.3 is 10.2 Å². The van der Waals surface area contributed by atoms with Crippen LogP contribution in [-0.4, -0.2) is 54.4 Å². The van der Waals surface area contributed by atoms with Crippen molar-refractivity contribution in [1.82, 2.24) is 20.1 Å². The highest BCUT2D eigenvalue weighted by atomic mass is 32.1. The Labute approximate surface area is 179 Å². The van der Waals surface area contributed by atoms with Crippen LogP contribution in [0.5, 0.6) is 0 Å². The summed E-state index contributed by atoms with van der Waals surface area (Å²) in [5.41, 5.74) is 3.74. The molecule has 1 aromatic carbocycles. The van der Waals surface area contributed by atoms with E-state index in [2.05, 4.69) is 70.8 Å². The van der Waals surface area contributed by atoms with Crippen molar-refractivity contribution >= 4 is 17.2 Å². The first kappa shape index (κ1) is 21.9. The first-order chi connectivity index (χ1) is 14.0. The number of nitrogens with one attached hydrogen (secondary N) is 1. The Morgan fingerprint density at radius 2 is 1.97 bits per heavy atom. The maximum absolute atomic E-state index is 12.8. The van der Waals surface area contributed by atoms with E-state index >= 15 is 0 Å². The van der Waals surface area contributed by atoms with Crippen LogP contribution in [0.1, 0.15) is 47.6 Å². The number of carbonyl (C=O) groups is 1. The van der Waals surface area contributed by atoms with Gasteiger partial charge in [0.2, 0.25) is 5.91 Å². The second kappa shape index (κ2) is 10.3. The van der Waals surface area contributed by atoms with Gasteiger partial charge in [0.15, 0.2) is 0 Å². The molecule has 0 bridgehead atoms. The number of rotatable bonds is 8. The third-order valence-corrected chi connectivity index (χ3v) is 6.70. The number of hydrogen-bond acceptors (Lipinski definition) is 5. The molecule has 1 saturated heterocycles. The van der Waals surface area contributed by atoms with Gasteiger partial charge in [0.1, 0.15) is 0 Å². The van der Waals surface area contributed by atoms with Crippen molar-refractivity contribution < 1.29 is 4.79 Å². The van der Waals surface area contributed by atoms with Crippen LogP contribution in [0.3, 0.4) is 0 Å². The van der Waals surface area contributed by atoms with Gasteiger partial charge in [0.25, 0.3) is 0 Å². The minimum absolute atomic E-state index is 0.119. The number of aromatic nitrogens is 1. The van der Waals surface area contributed by atoms with E-state index in [0.717, 1.165) is 49.6 Å². The van der Waals surface area contributed by atoms with Gasteiger partial charge in [-0.25, -0.2) is 4.98 Å². The van der Waals surface area contributed by atoms with Crippen LogP contribution >= 0.6 is 11.3 Å². The molecule has 0 spiro atoms. The summed E-state index contributed by atoms with van der Waals surface area (Å²) >= 11 is 1.70. The molecule has 5 nitrogen and oxygen atoms in total. The number of piperidine rings is 1. The molecule has 2 aromatic rings. The molecule has 29 heavy (non-hydrogen) atoms. The molecule has 1 amide bonds. The van der Waals surface area contributed by atoms with Crippen LogP contribution in [0.15, 0.2) is 29.6 Å². The number of hydrogen-bond donors (Lipinski definition) is 1. The molecule has 1 N–H and O–H groups in total. The van der Waals surface area contributed by atoms with Crippen LogP contribution in [-0.2, 0) is 17.8 Å². The van der Waals surface area contributed by atoms with Crippen molar-refractivity contribution in [2.24, 2.45) is 5.92 Å². The summed E-state index contributed by atoms with van der Waals surface area (Å²) in [6, 6.07) is 8.95. The number of nitrogens with zero attached hydrogens (tertiary/aromatic N) is 3. The van der Waals surface area contributed by atoms with Gasteiger partial charge in [-0.15, -0.1) is 11.3 Å². The van der Waals surface area contributed by atoms with Gasteiger partial charge in [0.05, 0.1) is 16.7 Å². The zero-order valence-corrected chi connectivity index (χ0v) is 19.0. The molecule has 1 aromatic heterocycles. The summed E-state index contributed by atoms with van der Waals surface area (Å²) in [5.74, 6) is 0.319. The van der Waals surface area contributed by atoms with Gasteiger partial charge >= 0.3 is 0 Å². The third-order valence-electron chi connectivity index (χ3n) is 5.88. The maximum Gasteiger partial charge on any atom is 0.223 e. The van der Waals surface area contributed by atoms with Crippen molar-refractivity contribution in [2.45, 2.75) is 45.7 Å². The number of aryl methyl sites for hydroxylation is 2. The summed E-state index contributed by atoms with van der Waals surface area (Å²) in [5, 5.41) is 6.48. The van der Waals surface area contributed by atoms with Crippen LogP contribution < -0.4 is 5.32 Å². The Bertz CT molecular complexity index is 778. The monoisotopic (exact) mass is 414 g/mol. The van der Waals surface area contributed by atoms with Crippen molar-refractivity contribution in [3.05, 3.63) is 51.5 Å². The minimum atomic E-state index is 0.119. The van der Waals surface area contributed by atoms with E-state index in [1.54, 1.807) is 11.3 Å². The summed E-state index contributed by atoms with van der Waals surface area (Å²) in [6.45, 7) is 7.69. The van der Waals surface area contributed by atoms with Crippen molar-refractivity contribution in [2.75, 3.05) is 33.7 Å². The fourth-order valence-corrected chi connectivity index (χ4v) is 4.58. The lowest BCUT2D eigenvalue weighted by atomic mass is 9.95. The van der Waals surface area contributed by atoms with E-state index in [9.17, 15) is 4.79 Å². The van der Waals surface area contributed by atoms with Gasteiger partial charge in [-0.2, -0.15) is 0 Å². The maximum atomic E-state index is 12.8. The number of likely N-dealkylation sites (N-methyl/N-ethyl adjacent to an activating group) is 1. The lowest BCUT2D eigenvalue weighted by Gasteiger charge is -2.31. The summed E-state index contributed by atoms with van der Waals surface area (Å²) in [7, 11) is 4.15. The van der Waals surface area contributed by atoms with Crippen LogP contribution in [0.25, 0.3) is 0 Å². The molecule has 0 saturated carbocycles. The second-order valence-corrected chi connectivity index (χ2v) is 9.29. The molecule has 0 aliphatic carbocycles. The topological polar surface area (TPSA) is 48.5 Å². The highest BCUT2D eigenvalue weighted by Crippen LogP contribution is 2.22. The Hall–Kier alpha value is -1.76. The zero-order valence-electron chi connectivity index (χ0n) is 18.1. The SMILES string of the molecule is CCc1ccc(C(CNC(=O)C2CCN(Cc3csc(C)n3)CC2)N(C)C)cc1. The molecule has 3 rings (SSSR count). The zero-order chi connectivity index (χ0) is 20.8. The van der Waals surface area contributed by atoms with Crippen LogP contribution in [0.4, 0.5) is 0 Å². The highest BCUT2D eigenvalue weighted by Gasteiger charge is 2.26. The number of amides is 1. The molecular formula is C23H34N4OS. The standard InChI is InChI=1S/C23H34N4OS/c1-5-18-6-8-19(9-7-18)22(26(3)4)14-24-23(28)20-10-12-27(13-11-20)15-21-16-29-17(2)25-21/h6-9,16,20,22H,5,10-15H2,1-4H3,(H,24,28). The van der Waals surface area contributed by atoms with Crippen molar-refractivity contribution in [3.63, 3.8) is 0 Å². The normalized spacial score (nSPS) is 16.9. The second-order valence-electron chi connectivity index (χ2n) is 8.23. The third kappa shape index (κ3) is 6.11. The van der Waals surface area contributed by atoms with E-state index in [-0.39, 0.29) is 17.9 Å². The van der Waals surface area contributed by atoms with E-state index < -0.39 is 0 Å². The molecule has 1 aliphatic rings. The van der Waals surface area contributed by atoms with Crippen molar-refractivity contribution in [1.29, 1.82) is 0 Å². The fraction of sp³-hybridized carbons (Fsp3) is 0.565. The summed E-state index contributed by atoms with van der Waals surface area (Å²) in [6.07, 6.45) is 2.89. The van der Waals surface area contributed by atoms with E-state index in [0.29, 0.717) is 6.54 Å². The number of thiazole rings is 1. The molecule has 1 unspecified atom stereocenters. The molecule has 6 heteroatoms. The molecule has 2 heterocycles. The number of likely N-dealkylation sites (tertiary alicyclic amines) is 1. The lowest BCUT2D eigenvalue weighted by molar-refractivity contribution is -0.126. The Morgan fingerprint density at radius 1 is 1.28 bits per heavy atom. The molecule has 1 fully saturated rings. The Balaban J connectivity index is 1.47. The van der Waals surface area contributed by atoms with E-state index in [4.69, 9.17) is 0 Å². The first-order valence-corrected chi connectivity index (χ1v) is 11.5. The fourth-order valence-electron chi connectivity index (χ4n) is 3.98. The minimum Gasteiger partial charge on any atom is -0.354 e. The van der Waals surface area contributed by atoms with Crippen molar-refractivity contribution in [3.8, 4) is 0 Å². The average Bonchev–Trinajstić information content (AvgIpc) is 3.13. The smallest absolute Gasteiger partial charge is 0.223 e. The van der Waals surface area contributed by atoms with Gasteiger partial charge in [-0.3, -0.25) is 9.69 Å². The predicted molar refractivity (Wildman–Crippen MR) is 120 cm³/mol.